The lowest BCUT2D eigenvalue weighted by Crippen LogP contribution is -2.57. The Balaban J connectivity index is 1.56. The first-order chi connectivity index (χ1) is 24.5. The summed E-state index contributed by atoms with van der Waals surface area (Å²) in [4.78, 5) is 29.5. The van der Waals surface area contributed by atoms with Gasteiger partial charge in [0.15, 0.2) is 12.6 Å². The number of ether oxygens (including phenoxy) is 3. The second kappa shape index (κ2) is 14.1. The van der Waals surface area contributed by atoms with Crippen molar-refractivity contribution in [1.29, 1.82) is 0 Å². The molecule has 2 fully saturated rings. The fraction of sp³-hybridized carbons (Fsp3) is 0.488. The van der Waals surface area contributed by atoms with E-state index in [2.05, 4.69) is 29.6 Å². The molecule has 2 aliphatic heterocycles. The number of nitrogens with zero attached hydrogens (tertiary/aromatic N) is 5. The quantitative estimate of drug-likeness (QED) is 0.128. The van der Waals surface area contributed by atoms with E-state index in [9.17, 15) is 4.79 Å². The fourth-order valence-electron chi connectivity index (χ4n) is 7.74. The van der Waals surface area contributed by atoms with Gasteiger partial charge in [-0.2, -0.15) is 0 Å². The largest absolute Gasteiger partial charge is 0.468 e. The zero-order valence-corrected chi connectivity index (χ0v) is 31.7. The van der Waals surface area contributed by atoms with E-state index < -0.39 is 22.7 Å². The van der Waals surface area contributed by atoms with Gasteiger partial charge >= 0.3 is 6.09 Å². The number of pyridine rings is 2. The highest BCUT2D eigenvalue weighted by molar-refractivity contribution is 6.04. The number of fused-ring (bicyclic) bond motifs is 4. The molecule has 4 heterocycles. The molecule has 2 aliphatic rings. The Morgan fingerprint density at radius 3 is 2.38 bits per heavy atom. The number of hydrogen-bond acceptors (Lipinski definition) is 8. The lowest BCUT2D eigenvalue weighted by Gasteiger charge is -2.42. The fourth-order valence-corrected chi connectivity index (χ4v) is 7.74. The van der Waals surface area contributed by atoms with Gasteiger partial charge in [-0.05, 0) is 96.7 Å². The molecule has 2 atom stereocenters. The molecule has 0 spiro atoms. The van der Waals surface area contributed by atoms with Crippen LogP contribution >= 0.6 is 0 Å². The van der Waals surface area contributed by atoms with Crippen LogP contribution in [-0.2, 0) is 14.9 Å². The molecule has 9 nitrogen and oxygen atoms in total. The van der Waals surface area contributed by atoms with E-state index in [1.165, 1.54) is 13.2 Å². The van der Waals surface area contributed by atoms with Gasteiger partial charge < -0.3 is 24.0 Å². The Morgan fingerprint density at radius 1 is 1.08 bits per heavy atom. The van der Waals surface area contributed by atoms with Gasteiger partial charge in [0.25, 0.3) is 0 Å². The van der Waals surface area contributed by atoms with E-state index in [1.54, 1.807) is 24.4 Å². The predicted molar refractivity (Wildman–Crippen MR) is 201 cm³/mol. The SMILES string of the molecule is C#Cc1c(F)ccc2cc(OCOC)cc(-c3ncc4c(N5CC6CCC(C5)N6C(=O)OC(C)(C)C)nc(C(C)(C)CCN(C)C)c(C)c4c3F)c12. The minimum absolute atomic E-state index is 0.0167. The number of terminal acetylenes is 1. The number of hydrogen-bond donors (Lipinski definition) is 0. The van der Waals surface area contributed by atoms with Crippen LogP contribution in [-0.4, -0.2) is 91.2 Å². The number of aryl methyl sites for hydroxylation is 1. The summed E-state index contributed by atoms with van der Waals surface area (Å²) in [6.07, 6.45) is 9.64. The first-order valence-corrected chi connectivity index (χ1v) is 17.8. The Morgan fingerprint density at radius 2 is 1.77 bits per heavy atom. The molecule has 2 aromatic heterocycles. The number of piperazine rings is 1. The summed E-state index contributed by atoms with van der Waals surface area (Å²) in [5.74, 6) is 2.36. The number of benzene rings is 2. The van der Waals surface area contributed by atoms with Crippen LogP contribution in [0.5, 0.6) is 5.75 Å². The van der Waals surface area contributed by atoms with Crippen molar-refractivity contribution in [2.75, 3.05) is 52.5 Å². The highest BCUT2D eigenvalue weighted by atomic mass is 19.1. The van der Waals surface area contributed by atoms with E-state index in [1.807, 2.05) is 46.7 Å². The van der Waals surface area contributed by atoms with Crippen LogP contribution in [0.2, 0.25) is 0 Å². The van der Waals surface area contributed by atoms with Gasteiger partial charge in [0.1, 0.15) is 28.7 Å². The van der Waals surface area contributed by atoms with E-state index in [0.717, 1.165) is 31.5 Å². The Bertz CT molecular complexity index is 2060. The molecule has 2 aromatic carbocycles. The van der Waals surface area contributed by atoms with Crippen LogP contribution in [0, 0.1) is 30.9 Å². The summed E-state index contributed by atoms with van der Waals surface area (Å²) in [7, 11) is 5.57. The normalized spacial score (nSPS) is 17.7. The van der Waals surface area contributed by atoms with Crippen LogP contribution in [0.25, 0.3) is 32.8 Å². The number of rotatable bonds is 9. The average molecular weight is 714 g/mol. The zero-order valence-electron chi connectivity index (χ0n) is 31.7. The number of aromatic nitrogens is 2. The highest BCUT2D eigenvalue weighted by Crippen LogP contribution is 2.43. The topological polar surface area (TPSA) is 80.3 Å². The summed E-state index contributed by atoms with van der Waals surface area (Å²) >= 11 is 0. The minimum atomic E-state index is -0.607. The van der Waals surface area contributed by atoms with E-state index in [0.29, 0.717) is 57.3 Å². The number of carbonyl (C=O) groups excluding carboxylic acids is 1. The van der Waals surface area contributed by atoms with Gasteiger partial charge in [0.05, 0.1) is 23.3 Å². The van der Waals surface area contributed by atoms with Crippen molar-refractivity contribution in [3.05, 3.63) is 58.9 Å². The lowest BCUT2D eigenvalue weighted by molar-refractivity contribution is 0.0123. The molecule has 1 amide bonds. The van der Waals surface area contributed by atoms with Crippen LogP contribution in [0.15, 0.2) is 30.5 Å². The average Bonchev–Trinajstić information content (AvgIpc) is 3.35. The van der Waals surface area contributed by atoms with Crippen molar-refractivity contribution in [2.45, 2.75) is 83.9 Å². The standard InChI is InChI=1S/C41H49F2N5O4/c1-11-29-32(42)15-12-25-18-28(51-23-50-10)19-30(34(25)29)36-35(43)33-24(2)37(41(6,7)16-17-46(8)9)45-38(31(33)20-44-36)47-21-26-13-14-27(22-47)48(26)39(49)52-40(3,4)5/h1,12,15,18-20,26-27H,13-14,16-17,21-23H2,2-10H3. The molecule has 0 radical (unpaired) electrons. The third-order valence-electron chi connectivity index (χ3n) is 10.2. The third kappa shape index (κ3) is 6.98. The number of carbonyl (C=O) groups is 1. The van der Waals surface area contributed by atoms with Crippen LogP contribution in [0.1, 0.15) is 70.7 Å². The van der Waals surface area contributed by atoms with Crippen molar-refractivity contribution in [3.8, 4) is 29.4 Å². The number of anilines is 1. The molecule has 0 aliphatic carbocycles. The molecule has 2 saturated heterocycles. The first-order valence-electron chi connectivity index (χ1n) is 17.8. The molecule has 2 bridgehead atoms. The van der Waals surface area contributed by atoms with Gasteiger partial charge in [0.2, 0.25) is 0 Å². The number of halogens is 2. The summed E-state index contributed by atoms with van der Waals surface area (Å²) in [5, 5.41) is 1.90. The van der Waals surface area contributed by atoms with Crippen molar-refractivity contribution in [1.82, 2.24) is 19.8 Å². The van der Waals surface area contributed by atoms with Crippen molar-refractivity contribution in [2.24, 2.45) is 0 Å². The molecule has 11 heteroatoms. The number of methoxy groups -OCH3 is 1. The Labute approximate surface area is 305 Å². The molecule has 276 valence electrons. The van der Waals surface area contributed by atoms with Gasteiger partial charge in [-0.3, -0.25) is 9.88 Å². The molecule has 6 rings (SSSR count). The molecule has 52 heavy (non-hydrogen) atoms. The second-order valence-electron chi connectivity index (χ2n) is 15.9. The zero-order chi connectivity index (χ0) is 37.7. The molecule has 2 unspecified atom stereocenters. The van der Waals surface area contributed by atoms with Crippen molar-refractivity contribution < 1.29 is 27.8 Å². The highest BCUT2D eigenvalue weighted by Gasteiger charge is 2.45. The summed E-state index contributed by atoms with van der Waals surface area (Å²) in [5.41, 5.74) is 0.809. The smallest absolute Gasteiger partial charge is 0.410 e. The van der Waals surface area contributed by atoms with Crippen LogP contribution in [0.4, 0.5) is 19.4 Å². The summed E-state index contributed by atoms with van der Waals surface area (Å²) in [6, 6.07) is 6.09. The molecular weight excluding hydrogens is 664 g/mol. The van der Waals surface area contributed by atoms with E-state index >= 15 is 8.78 Å². The maximum Gasteiger partial charge on any atom is 0.410 e. The maximum atomic E-state index is 17.6. The lowest BCUT2D eigenvalue weighted by atomic mass is 9.81. The third-order valence-corrected chi connectivity index (χ3v) is 10.2. The predicted octanol–water partition coefficient (Wildman–Crippen LogP) is 7.82. The maximum absolute atomic E-state index is 17.6. The van der Waals surface area contributed by atoms with Crippen LogP contribution < -0.4 is 9.64 Å². The van der Waals surface area contributed by atoms with E-state index in [4.69, 9.17) is 30.6 Å². The summed E-state index contributed by atoms with van der Waals surface area (Å²) < 4.78 is 49.5. The van der Waals surface area contributed by atoms with Gasteiger partial charge in [-0.25, -0.2) is 18.6 Å². The minimum Gasteiger partial charge on any atom is -0.468 e. The summed E-state index contributed by atoms with van der Waals surface area (Å²) in [6.45, 7) is 13.6. The first kappa shape index (κ1) is 37.2. The molecule has 0 N–H and O–H groups in total. The van der Waals surface area contributed by atoms with E-state index in [-0.39, 0.29) is 36.2 Å². The molecule has 0 saturated carbocycles. The van der Waals surface area contributed by atoms with Crippen molar-refractivity contribution in [3.63, 3.8) is 0 Å². The molecular formula is C41H49F2N5O4. The Kier molecular flexibility index (Phi) is 10.1. The van der Waals surface area contributed by atoms with Crippen LogP contribution in [0.3, 0.4) is 0 Å². The second-order valence-corrected chi connectivity index (χ2v) is 15.9. The van der Waals surface area contributed by atoms with Gasteiger partial charge in [-0.1, -0.05) is 25.8 Å². The molecule has 4 aromatic rings. The Hall–Kier alpha value is -4.53. The monoisotopic (exact) mass is 713 g/mol. The van der Waals surface area contributed by atoms with Gasteiger partial charge in [0, 0.05) is 53.5 Å². The van der Waals surface area contributed by atoms with Crippen molar-refractivity contribution >= 4 is 33.5 Å². The number of amides is 1. The van der Waals surface area contributed by atoms with Gasteiger partial charge in [-0.15, -0.1) is 6.42 Å².